The smallest absolute Gasteiger partial charge is 0.340 e. The predicted molar refractivity (Wildman–Crippen MR) is 96.0 cm³/mol. The molecule has 0 atom stereocenters. The van der Waals surface area contributed by atoms with Crippen LogP contribution in [0.2, 0.25) is 0 Å². The number of carbonyl (C=O) groups is 2. The highest BCUT2D eigenvalue weighted by Crippen LogP contribution is 2.25. The normalized spacial score (nSPS) is 19.4. The van der Waals surface area contributed by atoms with Gasteiger partial charge < -0.3 is 14.6 Å². The fraction of sp³-hybridized carbons (Fsp3) is 0.684. The molecule has 0 spiro atoms. The number of hydrogen-bond acceptors (Lipinski definition) is 4. The third-order valence-electron chi connectivity index (χ3n) is 5.57. The minimum absolute atomic E-state index is 0.0118. The van der Waals surface area contributed by atoms with Gasteiger partial charge in [0, 0.05) is 37.9 Å². The number of amides is 1. The lowest BCUT2D eigenvalue weighted by molar-refractivity contribution is 0.0525. The Bertz CT molecular complexity index is 639. The molecule has 0 bridgehead atoms. The summed E-state index contributed by atoms with van der Waals surface area (Å²) in [7, 11) is 0. The molecule has 25 heavy (non-hydrogen) atoms. The second-order valence-corrected chi connectivity index (χ2v) is 7.11. The Hall–Kier alpha value is -1.82. The standard InChI is InChI=1S/C19H29N3O3/c1-4-25-19(24)16-13(2)17(20-14(16)3)18(23)22-11-9-21(10-12-22)15-7-5-6-8-15/h15,20H,4-12H2,1-3H3. The van der Waals surface area contributed by atoms with E-state index in [4.69, 9.17) is 4.74 Å². The molecule has 1 aromatic rings. The first-order valence-electron chi connectivity index (χ1n) is 9.42. The van der Waals surface area contributed by atoms with Gasteiger partial charge in [-0.05, 0) is 39.2 Å². The third kappa shape index (κ3) is 3.59. The van der Waals surface area contributed by atoms with Crippen molar-refractivity contribution in [2.24, 2.45) is 0 Å². The van der Waals surface area contributed by atoms with Crippen LogP contribution in [0.15, 0.2) is 0 Å². The Labute approximate surface area is 149 Å². The molecule has 2 fully saturated rings. The molecule has 1 saturated heterocycles. The van der Waals surface area contributed by atoms with E-state index >= 15 is 0 Å². The van der Waals surface area contributed by atoms with Crippen LogP contribution in [-0.4, -0.2) is 65.5 Å². The van der Waals surface area contributed by atoms with Gasteiger partial charge in [0.2, 0.25) is 0 Å². The molecule has 138 valence electrons. The minimum atomic E-state index is -0.362. The molecule has 0 aromatic carbocycles. The number of aromatic amines is 1. The molecule has 1 saturated carbocycles. The maximum Gasteiger partial charge on any atom is 0.340 e. The lowest BCUT2D eigenvalue weighted by Gasteiger charge is -2.38. The summed E-state index contributed by atoms with van der Waals surface area (Å²) in [5, 5.41) is 0. The van der Waals surface area contributed by atoms with Gasteiger partial charge in [-0.25, -0.2) is 4.79 Å². The van der Waals surface area contributed by atoms with E-state index in [9.17, 15) is 9.59 Å². The van der Waals surface area contributed by atoms with Gasteiger partial charge in [0.25, 0.3) is 5.91 Å². The first-order valence-corrected chi connectivity index (χ1v) is 9.42. The van der Waals surface area contributed by atoms with Crippen molar-refractivity contribution in [2.45, 2.75) is 52.5 Å². The van der Waals surface area contributed by atoms with E-state index in [1.807, 2.05) is 18.7 Å². The van der Waals surface area contributed by atoms with Gasteiger partial charge in [0.05, 0.1) is 12.2 Å². The van der Waals surface area contributed by atoms with Crippen molar-refractivity contribution in [3.8, 4) is 0 Å². The van der Waals surface area contributed by atoms with E-state index in [1.54, 1.807) is 6.92 Å². The van der Waals surface area contributed by atoms with Gasteiger partial charge in [0.1, 0.15) is 5.69 Å². The van der Waals surface area contributed by atoms with E-state index < -0.39 is 0 Å². The summed E-state index contributed by atoms with van der Waals surface area (Å²) in [5.41, 5.74) is 2.41. The number of nitrogens with one attached hydrogen (secondary N) is 1. The number of piperazine rings is 1. The van der Waals surface area contributed by atoms with Crippen LogP contribution in [0.1, 0.15) is 64.7 Å². The van der Waals surface area contributed by atoms with Crippen LogP contribution in [-0.2, 0) is 4.74 Å². The van der Waals surface area contributed by atoms with E-state index in [1.165, 1.54) is 25.7 Å². The second-order valence-electron chi connectivity index (χ2n) is 7.11. The van der Waals surface area contributed by atoms with Gasteiger partial charge in [0.15, 0.2) is 0 Å². The monoisotopic (exact) mass is 347 g/mol. The van der Waals surface area contributed by atoms with Crippen LogP contribution in [0.5, 0.6) is 0 Å². The summed E-state index contributed by atoms with van der Waals surface area (Å²) >= 11 is 0. The van der Waals surface area contributed by atoms with E-state index in [-0.39, 0.29) is 11.9 Å². The molecule has 1 aliphatic heterocycles. The van der Waals surface area contributed by atoms with Crippen molar-refractivity contribution >= 4 is 11.9 Å². The first-order chi connectivity index (χ1) is 12.0. The van der Waals surface area contributed by atoms with E-state index in [2.05, 4.69) is 9.88 Å². The number of rotatable bonds is 4. The highest BCUT2D eigenvalue weighted by Gasteiger charge is 2.30. The Morgan fingerprint density at radius 1 is 1.12 bits per heavy atom. The SMILES string of the molecule is CCOC(=O)c1c(C)[nH]c(C(=O)N2CCN(C3CCCC3)CC2)c1C. The average molecular weight is 347 g/mol. The molecule has 1 N–H and O–H groups in total. The number of H-pyrrole nitrogens is 1. The van der Waals surface area contributed by atoms with Crippen molar-refractivity contribution in [3.05, 3.63) is 22.5 Å². The van der Waals surface area contributed by atoms with Gasteiger partial charge in [-0.1, -0.05) is 12.8 Å². The maximum absolute atomic E-state index is 12.9. The van der Waals surface area contributed by atoms with Gasteiger partial charge in [-0.2, -0.15) is 0 Å². The summed E-state index contributed by atoms with van der Waals surface area (Å²) < 4.78 is 5.11. The van der Waals surface area contributed by atoms with Crippen LogP contribution in [0, 0.1) is 13.8 Å². The lowest BCUT2D eigenvalue weighted by atomic mass is 10.1. The number of nitrogens with zero attached hydrogens (tertiary/aromatic N) is 2. The van der Waals surface area contributed by atoms with E-state index in [0.717, 1.165) is 26.2 Å². The largest absolute Gasteiger partial charge is 0.462 e. The second kappa shape index (κ2) is 7.60. The average Bonchev–Trinajstić information content (AvgIpc) is 3.23. The van der Waals surface area contributed by atoms with Gasteiger partial charge in [-0.15, -0.1) is 0 Å². The zero-order valence-corrected chi connectivity index (χ0v) is 15.6. The Balaban J connectivity index is 1.67. The van der Waals surface area contributed by atoms with Crippen LogP contribution in [0.4, 0.5) is 0 Å². The molecule has 1 aromatic heterocycles. The van der Waals surface area contributed by atoms with Gasteiger partial charge in [-0.3, -0.25) is 9.69 Å². The fourth-order valence-corrected chi connectivity index (χ4v) is 4.19. The topological polar surface area (TPSA) is 65.6 Å². The molecular weight excluding hydrogens is 318 g/mol. The number of ether oxygens (including phenoxy) is 1. The molecule has 6 heteroatoms. The molecule has 2 heterocycles. The molecular formula is C19H29N3O3. The summed E-state index contributed by atoms with van der Waals surface area (Å²) in [6.07, 6.45) is 5.26. The molecule has 6 nitrogen and oxygen atoms in total. The van der Waals surface area contributed by atoms with Crippen molar-refractivity contribution in [2.75, 3.05) is 32.8 Å². The minimum Gasteiger partial charge on any atom is -0.462 e. The molecule has 0 unspecified atom stereocenters. The maximum atomic E-state index is 12.9. The summed E-state index contributed by atoms with van der Waals surface area (Å²) in [5.74, 6) is -0.374. The predicted octanol–water partition coefficient (Wildman–Crippen LogP) is 2.51. The van der Waals surface area contributed by atoms with Gasteiger partial charge >= 0.3 is 5.97 Å². The number of carbonyl (C=O) groups excluding carboxylic acids is 2. The third-order valence-corrected chi connectivity index (χ3v) is 5.57. The number of aromatic nitrogens is 1. The summed E-state index contributed by atoms with van der Waals surface area (Å²) in [6, 6.07) is 0.710. The number of esters is 1. The molecule has 1 amide bonds. The zero-order valence-electron chi connectivity index (χ0n) is 15.6. The summed E-state index contributed by atoms with van der Waals surface area (Å²) in [4.78, 5) is 32.6. The zero-order chi connectivity index (χ0) is 18.0. The quantitative estimate of drug-likeness (QED) is 0.850. The van der Waals surface area contributed by atoms with Crippen LogP contribution in [0.25, 0.3) is 0 Å². The number of hydrogen-bond donors (Lipinski definition) is 1. The lowest BCUT2D eigenvalue weighted by Crippen LogP contribution is -2.51. The summed E-state index contributed by atoms with van der Waals surface area (Å²) in [6.45, 7) is 9.13. The van der Waals surface area contributed by atoms with Crippen molar-refractivity contribution in [1.82, 2.24) is 14.8 Å². The van der Waals surface area contributed by atoms with Crippen molar-refractivity contribution in [1.29, 1.82) is 0 Å². The highest BCUT2D eigenvalue weighted by molar-refractivity contribution is 6.00. The molecule has 0 radical (unpaired) electrons. The highest BCUT2D eigenvalue weighted by atomic mass is 16.5. The van der Waals surface area contributed by atoms with Crippen molar-refractivity contribution in [3.63, 3.8) is 0 Å². The van der Waals surface area contributed by atoms with Crippen LogP contribution >= 0.6 is 0 Å². The Morgan fingerprint density at radius 3 is 2.36 bits per heavy atom. The first kappa shape index (κ1) is 18.0. The van der Waals surface area contributed by atoms with Crippen LogP contribution in [0.3, 0.4) is 0 Å². The number of aryl methyl sites for hydroxylation is 1. The molecule has 3 rings (SSSR count). The van der Waals surface area contributed by atoms with Crippen molar-refractivity contribution < 1.29 is 14.3 Å². The van der Waals surface area contributed by atoms with E-state index in [0.29, 0.717) is 35.2 Å². The molecule has 1 aliphatic carbocycles. The molecule has 2 aliphatic rings. The fourth-order valence-electron chi connectivity index (χ4n) is 4.19. The Kier molecular flexibility index (Phi) is 5.47. The van der Waals surface area contributed by atoms with Crippen LogP contribution < -0.4 is 0 Å². The Morgan fingerprint density at radius 2 is 1.76 bits per heavy atom.